The van der Waals surface area contributed by atoms with Crippen LogP contribution in [0.3, 0.4) is 0 Å². The number of carbonyl (C=O) groups excluding carboxylic acids is 1. The predicted octanol–water partition coefficient (Wildman–Crippen LogP) is 4.15. The van der Waals surface area contributed by atoms with Crippen molar-refractivity contribution in [3.63, 3.8) is 0 Å². The van der Waals surface area contributed by atoms with Crippen molar-refractivity contribution in [1.29, 1.82) is 0 Å². The van der Waals surface area contributed by atoms with E-state index in [4.69, 9.17) is 0 Å². The number of hydrogen-bond acceptors (Lipinski definition) is 4. The lowest BCUT2D eigenvalue weighted by atomic mass is 10.1. The number of hydrogen-bond donors (Lipinski definition) is 1. The molecule has 1 N–H and O–H groups in total. The van der Waals surface area contributed by atoms with Crippen molar-refractivity contribution in [2.75, 3.05) is 5.32 Å². The first kappa shape index (κ1) is 18.8. The van der Waals surface area contributed by atoms with Gasteiger partial charge >= 0.3 is 0 Å². The monoisotopic (exact) mass is 385 g/mol. The van der Waals surface area contributed by atoms with Crippen molar-refractivity contribution in [2.45, 2.75) is 33.6 Å². The maximum absolute atomic E-state index is 12.6. The number of nitrogens with zero attached hydrogens (tertiary/aromatic N) is 4. The number of aryl methyl sites for hydroxylation is 3. The third kappa shape index (κ3) is 3.87. The Morgan fingerprint density at radius 2 is 1.72 bits per heavy atom. The standard InChI is InChI=1S/C23H23N5O/c1-4-17-10-12-19(13-11-17)25-21(29)14-20-15(2)24-23-26-22(27-28(23)16(20)3)18-8-6-5-7-9-18/h5-13H,4,14H2,1-3H3,(H,25,29). The zero-order valence-electron chi connectivity index (χ0n) is 16.8. The highest BCUT2D eigenvalue weighted by Crippen LogP contribution is 2.20. The quantitative estimate of drug-likeness (QED) is 0.560. The lowest BCUT2D eigenvalue weighted by molar-refractivity contribution is -0.115. The first-order valence-corrected chi connectivity index (χ1v) is 9.72. The molecule has 0 bridgehead atoms. The van der Waals surface area contributed by atoms with Gasteiger partial charge in [0.15, 0.2) is 5.82 Å². The van der Waals surface area contributed by atoms with Crippen LogP contribution < -0.4 is 5.32 Å². The van der Waals surface area contributed by atoms with Gasteiger partial charge in [0.1, 0.15) is 0 Å². The van der Waals surface area contributed by atoms with E-state index >= 15 is 0 Å². The third-order valence-corrected chi connectivity index (χ3v) is 5.06. The van der Waals surface area contributed by atoms with Gasteiger partial charge in [-0.3, -0.25) is 4.79 Å². The molecule has 0 aliphatic carbocycles. The number of benzene rings is 2. The normalized spacial score (nSPS) is 11.0. The average molecular weight is 385 g/mol. The minimum absolute atomic E-state index is 0.0787. The summed E-state index contributed by atoms with van der Waals surface area (Å²) in [7, 11) is 0. The van der Waals surface area contributed by atoms with E-state index in [-0.39, 0.29) is 12.3 Å². The Bertz CT molecular complexity index is 1160. The van der Waals surface area contributed by atoms with Crippen LogP contribution >= 0.6 is 0 Å². The van der Waals surface area contributed by atoms with Crippen LogP contribution in [0.15, 0.2) is 54.6 Å². The van der Waals surface area contributed by atoms with E-state index in [1.165, 1.54) is 5.56 Å². The third-order valence-electron chi connectivity index (χ3n) is 5.06. The molecule has 29 heavy (non-hydrogen) atoms. The van der Waals surface area contributed by atoms with Gasteiger partial charge in [-0.2, -0.15) is 4.98 Å². The molecule has 6 heteroatoms. The molecule has 146 valence electrons. The largest absolute Gasteiger partial charge is 0.326 e. The number of fused-ring (bicyclic) bond motifs is 1. The molecule has 0 fully saturated rings. The summed E-state index contributed by atoms with van der Waals surface area (Å²) < 4.78 is 1.72. The van der Waals surface area contributed by atoms with Crippen LogP contribution in [-0.2, 0) is 17.6 Å². The van der Waals surface area contributed by atoms with Crippen LogP contribution in [0.1, 0.15) is 29.4 Å². The summed E-state index contributed by atoms with van der Waals surface area (Å²) in [6.45, 7) is 5.96. The Balaban J connectivity index is 1.60. The molecule has 0 saturated carbocycles. The molecule has 0 atom stereocenters. The molecule has 4 rings (SSSR count). The number of aromatic nitrogens is 4. The minimum atomic E-state index is -0.0787. The van der Waals surface area contributed by atoms with Gasteiger partial charge in [0, 0.05) is 28.2 Å². The fourth-order valence-corrected chi connectivity index (χ4v) is 3.36. The molecular weight excluding hydrogens is 362 g/mol. The number of carbonyl (C=O) groups is 1. The SMILES string of the molecule is CCc1ccc(NC(=O)Cc2c(C)nc3nc(-c4ccccc4)nn3c2C)cc1. The van der Waals surface area contributed by atoms with Crippen molar-refractivity contribution in [2.24, 2.45) is 0 Å². The van der Waals surface area contributed by atoms with Gasteiger partial charge in [0.05, 0.1) is 6.42 Å². The maximum atomic E-state index is 12.6. The van der Waals surface area contributed by atoms with Crippen molar-refractivity contribution in [3.8, 4) is 11.4 Å². The number of amides is 1. The summed E-state index contributed by atoms with van der Waals surface area (Å²) in [5, 5.41) is 7.57. The van der Waals surface area contributed by atoms with Gasteiger partial charge in [-0.1, -0.05) is 49.4 Å². The van der Waals surface area contributed by atoms with Gasteiger partial charge in [0.25, 0.3) is 5.78 Å². The van der Waals surface area contributed by atoms with Gasteiger partial charge in [0.2, 0.25) is 5.91 Å². The molecule has 1 amide bonds. The smallest absolute Gasteiger partial charge is 0.253 e. The molecule has 2 heterocycles. The zero-order chi connectivity index (χ0) is 20.4. The Labute approximate surface area is 169 Å². The van der Waals surface area contributed by atoms with Crippen molar-refractivity contribution >= 4 is 17.4 Å². The fourth-order valence-electron chi connectivity index (χ4n) is 3.36. The second-order valence-electron chi connectivity index (χ2n) is 7.05. The van der Waals surface area contributed by atoms with Crippen LogP contribution in [0, 0.1) is 13.8 Å². The molecule has 4 aromatic rings. The molecule has 0 saturated heterocycles. The second-order valence-corrected chi connectivity index (χ2v) is 7.05. The van der Waals surface area contributed by atoms with Crippen molar-refractivity contribution in [1.82, 2.24) is 19.6 Å². The van der Waals surface area contributed by atoms with E-state index in [1.54, 1.807) is 4.52 Å². The summed E-state index contributed by atoms with van der Waals surface area (Å²) in [5.41, 5.74) is 5.50. The summed E-state index contributed by atoms with van der Waals surface area (Å²) in [6.07, 6.45) is 1.21. The molecule has 6 nitrogen and oxygen atoms in total. The first-order valence-electron chi connectivity index (χ1n) is 9.72. The maximum Gasteiger partial charge on any atom is 0.253 e. The number of anilines is 1. The Kier molecular flexibility index (Phi) is 5.08. The van der Waals surface area contributed by atoms with Crippen LogP contribution in [0.25, 0.3) is 17.2 Å². The Hall–Kier alpha value is -3.54. The lowest BCUT2D eigenvalue weighted by Crippen LogP contribution is -2.17. The molecule has 0 unspecified atom stereocenters. The fraction of sp³-hybridized carbons (Fsp3) is 0.217. The lowest BCUT2D eigenvalue weighted by Gasteiger charge is -2.11. The van der Waals surface area contributed by atoms with Crippen LogP contribution in [0.5, 0.6) is 0 Å². The van der Waals surface area contributed by atoms with Crippen molar-refractivity contribution in [3.05, 3.63) is 77.1 Å². The highest BCUT2D eigenvalue weighted by molar-refractivity contribution is 5.92. The second kappa shape index (κ2) is 7.83. The van der Waals surface area contributed by atoms with E-state index in [0.29, 0.717) is 11.6 Å². The van der Waals surface area contributed by atoms with Gasteiger partial charge in [-0.25, -0.2) is 9.50 Å². The Morgan fingerprint density at radius 1 is 1.00 bits per heavy atom. The molecule has 0 spiro atoms. The molecule has 0 radical (unpaired) electrons. The number of nitrogens with one attached hydrogen (secondary N) is 1. The average Bonchev–Trinajstić information content (AvgIpc) is 3.16. The highest BCUT2D eigenvalue weighted by Gasteiger charge is 2.16. The Morgan fingerprint density at radius 3 is 2.41 bits per heavy atom. The van der Waals surface area contributed by atoms with Crippen LogP contribution in [0.2, 0.25) is 0 Å². The summed E-state index contributed by atoms with van der Waals surface area (Å²) >= 11 is 0. The van der Waals surface area contributed by atoms with E-state index < -0.39 is 0 Å². The molecule has 2 aromatic heterocycles. The molecule has 2 aromatic carbocycles. The van der Waals surface area contributed by atoms with Gasteiger partial charge in [-0.15, -0.1) is 5.10 Å². The van der Waals surface area contributed by atoms with Crippen molar-refractivity contribution < 1.29 is 4.79 Å². The predicted molar refractivity (Wildman–Crippen MR) is 114 cm³/mol. The minimum Gasteiger partial charge on any atom is -0.326 e. The zero-order valence-corrected chi connectivity index (χ0v) is 16.8. The molecular formula is C23H23N5O. The topological polar surface area (TPSA) is 72.2 Å². The van der Waals surface area contributed by atoms with Crippen LogP contribution in [0.4, 0.5) is 5.69 Å². The van der Waals surface area contributed by atoms with E-state index in [9.17, 15) is 4.79 Å². The van der Waals surface area contributed by atoms with E-state index in [1.807, 2.05) is 68.4 Å². The first-order chi connectivity index (χ1) is 14.0. The van der Waals surface area contributed by atoms with E-state index in [2.05, 4.69) is 27.3 Å². The molecule has 0 aliphatic rings. The van der Waals surface area contributed by atoms with E-state index in [0.717, 1.165) is 34.6 Å². The summed E-state index contributed by atoms with van der Waals surface area (Å²) in [6, 6.07) is 17.7. The van der Waals surface area contributed by atoms with Gasteiger partial charge < -0.3 is 5.32 Å². The summed E-state index contributed by atoms with van der Waals surface area (Å²) in [5.74, 6) is 1.08. The highest BCUT2D eigenvalue weighted by atomic mass is 16.1. The molecule has 0 aliphatic heterocycles. The number of rotatable bonds is 5. The summed E-state index contributed by atoms with van der Waals surface area (Å²) in [4.78, 5) is 21.7. The van der Waals surface area contributed by atoms with Gasteiger partial charge in [-0.05, 0) is 38.0 Å². The van der Waals surface area contributed by atoms with Crippen LogP contribution in [-0.4, -0.2) is 25.5 Å².